The van der Waals surface area contributed by atoms with Crippen molar-refractivity contribution in [2.75, 3.05) is 23.9 Å². The van der Waals surface area contributed by atoms with Gasteiger partial charge in [0.2, 0.25) is 0 Å². The molecule has 1 aliphatic heterocycles. The lowest BCUT2D eigenvalue weighted by Crippen LogP contribution is -2.21. The highest BCUT2D eigenvalue weighted by Crippen LogP contribution is 2.38. The summed E-state index contributed by atoms with van der Waals surface area (Å²) in [5.74, 6) is 0.626. The summed E-state index contributed by atoms with van der Waals surface area (Å²) < 4.78 is 1.30. The fourth-order valence-corrected chi connectivity index (χ4v) is 2.78. The Morgan fingerprint density at radius 1 is 1.13 bits per heavy atom. The van der Waals surface area contributed by atoms with Crippen LogP contribution >= 0.6 is 0 Å². The zero-order valence-electron chi connectivity index (χ0n) is 13.5. The molecular formula is C17H18N4O2. The average Bonchev–Trinajstić information content (AvgIpc) is 2.95. The molecule has 1 N–H and O–H groups in total. The van der Waals surface area contributed by atoms with Crippen LogP contribution in [-0.4, -0.2) is 29.7 Å². The quantitative estimate of drug-likeness (QED) is 0.680. The van der Waals surface area contributed by atoms with E-state index in [0.717, 1.165) is 17.2 Å². The summed E-state index contributed by atoms with van der Waals surface area (Å²) in [7, 11) is 5.47. The highest BCUT2D eigenvalue weighted by atomic mass is 16.1. The molecule has 0 bridgehead atoms. The number of hydrogen-bond donors (Lipinski definition) is 1. The lowest BCUT2D eigenvalue weighted by Gasteiger charge is -2.15. The number of anilines is 2. The van der Waals surface area contributed by atoms with Gasteiger partial charge in [-0.25, -0.2) is 0 Å². The maximum absolute atomic E-state index is 12.2. The lowest BCUT2D eigenvalue weighted by atomic mass is 10.2. The molecule has 23 heavy (non-hydrogen) atoms. The van der Waals surface area contributed by atoms with Gasteiger partial charge < -0.3 is 9.80 Å². The minimum atomic E-state index is -0.246. The van der Waals surface area contributed by atoms with Crippen LogP contribution in [0, 0.1) is 0 Å². The Kier molecular flexibility index (Phi) is 3.47. The van der Waals surface area contributed by atoms with Crippen molar-refractivity contribution in [3.05, 3.63) is 57.4 Å². The number of nitrogens with one attached hydrogen (secondary N) is 1. The Balaban J connectivity index is 2.12. The molecule has 1 aromatic heterocycles. The number of aromatic amines is 1. The van der Waals surface area contributed by atoms with Crippen LogP contribution in [-0.2, 0) is 7.05 Å². The standard InChI is InChI=1S/C17H18N4O2/c1-11(22)16-12(17(23)21(4)18-16)9-10-15-19(2)13-7-5-6-8-14(13)20(15)3/h5-9,18H,1-4H3. The first kappa shape index (κ1) is 14.9. The molecule has 6 heteroatoms. The van der Waals surface area contributed by atoms with E-state index in [1.165, 1.54) is 11.6 Å². The van der Waals surface area contributed by atoms with Crippen LogP contribution in [0.25, 0.3) is 6.08 Å². The van der Waals surface area contributed by atoms with Gasteiger partial charge in [-0.3, -0.25) is 19.4 Å². The zero-order chi connectivity index (χ0) is 16.7. The Morgan fingerprint density at radius 2 is 1.70 bits per heavy atom. The van der Waals surface area contributed by atoms with E-state index < -0.39 is 0 Å². The number of ketones is 1. The summed E-state index contributed by atoms with van der Waals surface area (Å²) in [5, 5.41) is 2.77. The van der Waals surface area contributed by atoms with Gasteiger partial charge in [-0.2, -0.15) is 0 Å². The number of H-pyrrole nitrogens is 1. The van der Waals surface area contributed by atoms with Gasteiger partial charge in [0.15, 0.2) is 11.6 Å². The monoisotopic (exact) mass is 310 g/mol. The van der Waals surface area contributed by atoms with Gasteiger partial charge in [0.05, 0.1) is 16.9 Å². The summed E-state index contributed by atoms with van der Waals surface area (Å²) in [5.41, 5.74) is 5.67. The molecule has 0 saturated carbocycles. The molecular weight excluding hydrogens is 292 g/mol. The van der Waals surface area contributed by atoms with E-state index >= 15 is 0 Å². The molecule has 0 fully saturated rings. The molecule has 0 saturated heterocycles. The number of benzene rings is 1. The summed E-state index contributed by atoms with van der Waals surface area (Å²) in [6.07, 6.45) is 1.57. The van der Waals surface area contributed by atoms with Gasteiger partial charge in [-0.05, 0) is 18.2 Å². The van der Waals surface area contributed by atoms with E-state index in [4.69, 9.17) is 0 Å². The Morgan fingerprint density at radius 3 is 2.22 bits per heavy atom. The number of fused-ring (bicyclic) bond motifs is 1. The molecule has 0 atom stereocenters. The summed E-state index contributed by atoms with van der Waals surface area (Å²) in [4.78, 5) is 27.8. The number of Topliss-reactive ketones (excluding diaryl/α,β-unsaturated/α-hetero) is 1. The number of aromatic nitrogens is 2. The first-order valence-corrected chi connectivity index (χ1v) is 7.25. The van der Waals surface area contributed by atoms with Crippen molar-refractivity contribution in [1.82, 2.24) is 9.78 Å². The Bertz CT molecular complexity index is 882. The number of para-hydroxylation sites is 2. The average molecular weight is 310 g/mol. The maximum atomic E-state index is 12.2. The molecule has 1 aromatic carbocycles. The fourth-order valence-electron chi connectivity index (χ4n) is 2.78. The van der Waals surface area contributed by atoms with Gasteiger partial charge in [0.1, 0.15) is 5.69 Å². The molecule has 118 valence electrons. The van der Waals surface area contributed by atoms with Crippen LogP contribution in [0.5, 0.6) is 0 Å². The van der Waals surface area contributed by atoms with E-state index in [2.05, 4.69) is 10.8 Å². The second-order valence-electron chi connectivity index (χ2n) is 5.54. The van der Waals surface area contributed by atoms with E-state index in [1.807, 2.05) is 48.2 Å². The minimum absolute atomic E-state index is 0.183. The number of aryl methyl sites for hydroxylation is 1. The number of carbonyl (C=O) groups excluding carboxylic acids is 1. The molecule has 2 heterocycles. The second-order valence-corrected chi connectivity index (χ2v) is 5.54. The number of rotatable bonds is 2. The predicted molar refractivity (Wildman–Crippen MR) is 90.8 cm³/mol. The summed E-state index contributed by atoms with van der Waals surface area (Å²) in [6.45, 7) is 1.43. The Hall–Kier alpha value is -2.98. The fraction of sp³-hybridized carbons (Fsp3) is 0.235. The van der Waals surface area contributed by atoms with Crippen LogP contribution in [0.1, 0.15) is 23.0 Å². The highest BCUT2D eigenvalue weighted by molar-refractivity contribution is 5.95. The minimum Gasteiger partial charge on any atom is -0.322 e. The van der Waals surface area contributed by atoms with Gasteiger partial charge in [-0.1, -0.05) is 17.9 Å². The predicted octanol–water partition coefficient (Wildman–Crippen LogP) is 1.96. The lowest BCUT2D eigenvalue weighted by molar-refractivity contribution is 0.101. The molecule has 0 unspecified atom stereocenters. The van der Waals surface area contributed by atoms with Crippen LogP contribution in [0.15, 0.2) is 40.6 Å². The van der Waals surface area contributed by atoms with Crippen molar-refractivity contribution in [3.63, 3.8) is 0 Å². The van der Waals surface area contributed by atoms with Crippen molar-refractivity contribution < 1.29 is 4.79 Å². The van der Waals surface area contributed by atoms with Crippen molar-refractivity contribution in [2.24, 2.45) is 7.05 Å². The first-order valence-electron chi connectivity index (χ1n) is 7.25. The first-order chi connectivity index (χ1) is 10.9. The topological polar surface area (TPSA) is 61.3 Å². The zero-order valence-corrected chi connectivity index (χ0v) is 13.5. The Labute approximate surface area is 133 Å². The third kappa shape index (κ3) is 2.29. The molecule has 0 amide bonds. The van der Waals surface area contributed by atoms with Gasteiger partial charge in [0, 0.05) is 28.1 Å². The maximum Gasteiger partial charge on any atom is 0.274 e. The van der Waals surface area contributed by atoms with Crippen molar-refractivity contribution in [1.29, 1.82) is 0 Å². The van der Waals surface area contributed by atoms with Gasteiger partial charge in [0.25, 0.3) is 5.56 Å². The largest absolute Gasteiger partial charge is 0.322 e. The van der Waals surface area contributed by atoms with Gasteiger partial charge in [-0.15, -0.1) is 0 Å². The summed E-state index contributed by atoms with van der Waals surface area (Å²) >= 11 is 0. The normalized spacial score (nSPS) is 13.1. The van der Waals surface area contributed by atoms with Crippen LogP contribution in [0.2, 0.25) is 0 Å². The highest BCUT2D eigenvalue weighted by Gasteiger charge is 2.25. The molecule has 0 aliphatic carbocycles. The van der Waals surface area contributed by atoms with Crippen LogP contribution in [0.4, 0.5) is 11.4 Å². The molecule has 6 nitrogen and oxygen atoms in total. The molecule has 3 rings (SSSR count). The number of hydrogen-bond acceptors (Lipinski definition) is 4. The van der Waals surface area contributed by atoms with E-state index in [-0.39, 0.29) is 11.3 Å². The van der Waals surface area contributed by atoms with E-state index in [0.29, 0.717) is 11.3 Å². The van der Waals surface area contributed by atoms with E-state index in [1.54, 1.807) is 13.1 Å². The van der Waals surface area contributed by atoms with Crippen LogP contribution < -0.4 is 15.4 Å². The van der Waals surface area contributed by atoms with E-state index in [9.17, 15) is 9.59 Å². The SMILES string of the molecule is CC(=O)c1[nH]n(C)c(=O)c1C=C=C1N(C)c2ccccc2N1C. The smallest absolute Gasteiger partial charge is 0.274 e. The van der Waals surface area contributed by atoms with Crippen molar-refractivity contribution >= 4 is 23.2 Å². The second kappa shape index (κ2) is 5.34. The summed E-state index contributed by atoms with van der Waals surface area (Å²) in [6, 6.07) is 8.00. The number of nitrogens with zero attached hydrogens (tertiary/aromatic N) is 3. The molecule has 0 spiro atoms. The number of carbonyl (C=O) groups is 1. The third-order valence-electron chi connectivity index (χ3n) is 4.02. The van der Waals surface area contributed by atoms with Crippen molar-refractivity contribution in [2.45, 2.75) is 6.92 Å². The van der Waals surface area contributed by atoms with Crippen LogP contribution in [0.3, 0.4) is 0 Å². The van der Waals surface area contributed by atoms with Crippen molar-refractivity contribution in [3.8, 4) is 0 Å². The van der Waals surface area contributed by atoms with Gasteiger partial charge >= 0.3 is 0 Å². The molecule has 2 aromatic rings. The molecule has 0 radical (unpaired) electrons. The third-order valence-corrected chi connectivity index (χ3v) is 4.02. The molecule has 1 aliphatic rings.